The number of carboxylic acid groups (broad SMARTS) is 1. The number of carbonyl (C=O) groups excluding carboxylic acids is 1. The lowest BCUT2D eigenvalue weighted by Gasteiger charge is -2.21. The fourth-order valence-electron chi connectivity index (χ4n) is 1.82. The molecule has 6 heteroatoms. The summed E-state index contributed by atoms with van der Waals surface area (Å²) in [6.45, 7) is 1.93. The normalized spacial score (nSPS) is 22.7. The van der Waals surface area contributed by atoms with Gasteiger partial charge in [-0.1, -0.05) is 0 Å². The van der Waals surface area contributed by atoms with Crippen molar-refractivity contribution in [3.63, 3.8) is 0 Å². The molecule has 1 fully saturated rings. The van der Waals surface area contributed by atoms with Crippen molar-refractivity contribution in [1.29, 1.82) is 0 Å². The molecular weight excluding hydrogens is 252 g/mol. The molecule has 96 valence electrons. The molecule has 5 nitrogen and oxygen atoms in total. The average Bonchev–Trinajstić information content (AvgIpc) is 2.78. The van der Waals surface area contributed by atoms with Crippen LogP contribution in [0.25, 0.3) is 0 Å². The van der Waals surface area contributed by atoms with E-state index in [2.05, 4.69) is 10.3 Å². The predicted octanol–water partition coefficient (Wildman–Crippen LogP) is 2.00. The predicted molar refractivity (Wildman–Crippen MR) is 69.9 cm³/mol. The van der Waals surface area contributed by atoms with Crippen LogP contribution in [0, 0.1) is 0 Å². The molecule has 2 N–H and O–H groups in total. The van der Waals surface area contributed by atoms with E-state index >= 15 is 0 Å². The second kappa shape index (κ2) is 4.97. The van der Waals surface area contributed by atoms with Gasteiger partial charge in [0.2, 0.25) is 5.91 Å². The average molecular weight is 266 g/mol. The highest BCUT2D eigenvalue weighted by Crippen LogP contribution is 2.38. The number of anilines is 1. The van der Waals surface area contributed by atoms with Crippen LogP contribution in [-0.4, -0.2) is 32.5 Å². The number of aromatic nitrogens is 1. The van der Waals surface area contributed by atoms with E-state index in [9.17, 15) is 9.59 Å². The minimum atomic E-state index is -1.08. The van der Waals surface area contributed by atoms with E-state index in [0.717, 1.165) is 18.6 Å². The first kappa shape index (κ1) is 12.9. The van der Waals surface area contributed by atoms with Crippen molar-refractivity contribution in [1.82, 2.24) is 4.98 Å². The SMILES string of the molecule is CC1(C(=O)Nc2ccc(C(=O)O)nc2)CCCS1. The third-order valence-corrected chi connectivity index (χ3v) is 4.46. The summed E-state index contributed by atoms with van der Waals surface area (Å²) in [4.78, 5) is 26.5. The molecule has 1 unspecified atom stereocenters. The van der Waals surface area contributed by atoms with E-state index in [1.807, 2.05) is 6.92 Å². The van der Waals surface area contributed by atoms with Crippen molar-refractivity contribution in [3.05, 3.63) is 24.0 Å². The van der Waals surface area contributed by atoms with Gasteiger partial charge in [0, 0.05) is 0 Å². The second-order valence-electron chi connectivity index (χ2n) is 4.37. The highest BCUT2D eigenvalue weighted by atomic mass is 32.2. The number of nitrogens with zero attached hydrogens (tertiary/aromatic N) is 1. The number of hydrogen-bond donors (Lipinski definition) is 2. The number of hydrogen-bond acceptors (Lipinski definition) is 4. The molecule has 1 aliphatic rings. The van der Waals surface area contributed by atoms with Gasteiger partial charge >= 0.3 is 5.97 Å². The van der Waals surface area contributed by atoms with Gasteiger partial charge in [-0.2, -0.15) is 0 Å². The molecule has 0 spiro atoms. The summed E-state index contributed by atoms with van der Waals surface area (Å²) in [5, 5.41) is 11.5. The van der Waals surface area contributed by atoms with Gasteiger partial charge in [0.1, 0.15) is 5.69 Å². The molecule has 2 rings (SSSR count). The summed E-state index contributed by atoms with van der Waals surface area (Å²) in [5.74, 6) is -0.124. The fraction of sp³-hybridized carbons (Fsp3) is 0.417. The molecule has 0 bridgehead atoms. The van der Waals surface area contributed by atoms with Gasteiger partial charge < -0.3 is 10.4 Å². The van der Waals surface area contributed by atoms with E-state index in [4.69, 9.17) is 5.11 Å². The van der Waals surface area contributed by atoms with Gasteiger partial charge in [0.05, 0.1) is 16.6 Å². The summed E-state index contributed by atoms with van der Waals surface area (Å²) in [7, 11) is 0. The van der Waals surface area contributed by atoms with E-state index in [1.165, 1.54) is 12.3 Å². The van der Waals surface area contributed by atoms with Crippen molar-refractivity contribution in [2.45, 2.75) is 24.5 Å². The summed E-state index contributed by atoms with van der Waals surface area (Å²) in [5.41, 5.74) is 0.494. The van der Waals surface area contributed by atoms with Crippen molar-refractivity contribution in [2.24, 2.45) is 0 Å². The number of amides is 1. The van der Waals surface area contributed by atoms with E-state index in [-0.39, 0.29) is 16.3 Å². The molecule has 0 saturated carbocycles. The van der Waals surface area contributed by atoms with Crippen LogP contribution in [0.1, 0.15) is 30.3 Å². The Bertz CT molecular complexity index is 467. The third-order valence-electron chi connectivity index (χ3n) is 2.94. The minimum absolute atomic E-state index is 0.0329. The first-order valence-electron chi connectivity index (χ1n) is 5.66. The second-order valence-corrected chi connectivity index (χ2v) is 5.97. The van der Waals surface area contributed by atoms with Crippen LogP contribution < -0.4 is 5.32 Å². The molecule has 1 aromatic rings. The van der Waals surface area contributed by atoms with Crippen molar-refractivity contribution >= 4 is 29.3 Å². The summed E-state index contributed by atoms with van der Waals surface area (Å²) in [6, 6.07) is 2.93. The molecule has 2 heterocycles. The van der Waals surface area contributed by atoms with Gasteiger partial charge in [0.15, 0.2) is 0 Å². The molecule has 1 aromatic heterocycles. The Hall–Kier alpha value is -1.56. The Balaban J connectivity index is 2.05. The molecule has 1 saturated heterocycles. The van der Waals surface area contributed by atoms with Crippen LogP contribution in [0.5, 0.6) is 0 Å². The Morgan fingerprint density at radius 1 is 1.50 bits per heavy atom. The summed E-state index contributed by atoms with van der Waals surface area (Å²) in [6.07, 6.45) is 3.28. The number of rotatable bonds is 3. The van der Waals surface area contributed by atoms with Crippen molar-refractivity contribution in [3.8, 4) is 0 Å². The maximum Gasteiger partial charge on any atom is 0.354 e. The number of carbonyl (C=O) groups is 2. The third kappa shape index (κ3) is 2.64. The van der Waals surface area contributed by atoms with Crippen molar-refractivity contribution in [2.75, 3.05) is 11.1 Å². The molecule has 1 amide bonds. The zero-order valence-corrected chi connectivity index (χ0v) is 10.8. The highest BCUT2D eigenvalue weighted by Gasteiger charge is 2.37. The zero-order chi connectivity index (χ0) is 13.2. The van der Waals surface area contributed by atoms with Gasteiger partial charge in [0.25, 0.3) is 0 Å². The standard InChI is InChI=1S/C12H14N2O3S/c1-12(5-2-6-18-12)11(17)14-8-3-4-9(10(15)16)13-7-8/h3-4,7H,2,5-6H2,1H3,(H,14,17)(H,15,16). The Morgan fingerprint density at radius 3 is 2.78 bits per heavy atom. The van der Waals surface area contributed by atoms with Gasteiger partial charge in [-0.25, -0.2) is 9.78 Å². The molecule has 1 atom stereocenters. The Morgan fingerprint density at radius 2 is 2.28 bits per heavy atom. The molecule has 18 heavy (non-hydrogen) atoms. The maximum absolute atomic E-state index is 12.1. The molecule has 1 aliphatic heterocycles. The van der Waals surface area contributed by atoms with E-state index in [1.54, 1.807) is 17.8 Å². The highest BCUT2D eigenvalue weighted by molar-refractivity contribution is 8.01. The topological polar surface area (TPSA) is 79.3 Å². The van der Waals surface area contributed by atoms with Crippen LogP contribution >= 0.6 is 11.8 Å². The van der Waals surface area contributed by atoms with E-state index in [0.29, 0.717) is 5.69 Å². The lowest BCUT2D eigenvalue weighted by atomic mass is 10.0. The minimum Gasteiger partial charge on any atom is -0.477 e. The first-order chi connectivity index (χ1) is 8.51. The number of thioether (sulfide) groups is 1. The summed E-state index contributed by atoms with van der Waals surface area (Å²) >= 11 is 1.65. The largest absolute Gasteiger partial charge is 0.477 e. The monoisotopic (exact) mass is 266 g/mol. The molecule has 0 aliphatic carbocycles. The van der Waals surface area contributed by atoms with Gasteiger partial charge in [-0.15, -0.1) is 11.8 Å². The number of carboxylic acids is 1. The van der Waals surface area contributed by atoms with Crippen LogP contribution in [0.4, 0.5) is 5.69 Å². The Labute approximate surface area is 109 Å². The lowest BCUT2D eigenvalue weighted by molar-refractivity contribution is -0.118. The smallest absolute Gasteiger partial charge is 0.354 e. The lowest BCUT2D eigenvalue weighted by Crippen LogP contribution is -2.34. The van der Waals surface area contributed by atoms with Crippen molar-refractivity contribution < 1.29 is 14.7 Å². The molecular formula is C12H14N2O3S. The first-order valence-corrected chi connectivity index (χ1v) is 6.64. The Kier molecular flexibility index (Phi) is 3.56. The number of pyridine rings is 1. The molecule has 0 radical (unpaired) electrons. The van der Waals surface area contributed by atoms with Crippen LogP contribution in [0.3, 0.4) is 0 Å². The maximum atomic E-state index is 12.1. The van der Waals surface area contributed by atoms with Gasteiger partial charge in [-0.3, -0.25) is 4.79 Å². The van der Waals surface area contributed by atoms with Crippen LogP contribution in [0.15, 0.2) is 18.3 Å². The number of nitrogens with one attached hydrogen (secondary N) is 1. The quantitative estimate of drug-likeness (QED) is 0.874. The fourth-order valence-corrected chi connectivity index (χ4v) is 3.03. The number of aromatic carboxylic acids is 1. The van der Waals surface area contributed by atoms with Gasteiger partial charge in [-0.05, 0) is 37.7 Å². The summed E-state index contributed by atoms with van der Waals surface area (Å²) < 4.78 is -0.383. The van der Waals surface area contributed by atoms with Crippen LogP contribution in [-0.2, 0) is 4.79 Å². The zero-order valence-electron chi connectivity index (χ0n) is 9.97. The van der Waals surface area contributed by atoms with Crippen LogP contribution in [0.2, 0.25) is 0 Å². The molecule has 0 aromatic carbocycles. The van der Waals surface area contributed by atoms with E-state index < -0.39 is 5.97 Å².